The van der Waals surface area contributed by atoms with Crippen LogP contribution in [0.5, 0.6) is 0 Å². The van der Waals surface area contributed by atoms with Crippen LogP contribution in [-0.2, 0) is 0 Å². The van der Waals surface area contributed by atoms with Gasteiger partial charge in [0.2, 0.25) is 0 Å². The molecule has 2 rings (SSSR count). The third kappa shape index (κ3) is 3.59. The van der Waals surface area contributed by atoms with Gasteiger partial charge in [-0.05, 0) is 51.4 Å². The maximum absolute atomic E-state index is 5.55. The molecule has 1 aromatic heterocycles. The molecule has 18 heavy (non-hydrogen) atoms. The van der Waals surface area contributed by atoms with E-state index in [9.17, 15) is 0 Å². The summed E-state index contributed by atoms with van der Waals surface area (Å²) in [6.45, 7) is 7.95. The second kappa shape index (κ2) is 6.95. The van der Waals surface area contributed by atoms with E-state index in [-0.39, 0.29) is 0 Å². The normalized spacial score (nSPS) is 22.3. The zero-order valence-corrected chi connectivity index (χ0v) is 11.7. The average Bonchev–Trinajstić information content (AvgIpc) is 2.92. The lowest BCUT2D eigenvalue weighted by molar-refractivity contribution is 0.159. The van der Waals surface area contributed by atoms with Crippen LogP contribution in [0.3, 0.4) is 0 Å². The molecule has 1 aliphatic rings. The van der Waals surface area contributed by atoms with Gasteiger partial charge in [0.25, 0.3) is 0 Å². The van der Waals surface area contributed by atoms with E-state index >= 15 is 0 Å². The van der Waals surface area contributed by atoms with E-state index in [2.05, 4.69) is 30.1 Å². The summed E-state index contributed by atoms with van der Waals surface area (Å²) in [5.41, 5.74) is 0. The highest BCUT2D eigenvalue weighted by Gasteiger charge is 2.22. The predicted octanol–water partition coefficient (Wildman–Crippen LogP) is 3.19. The molecule has 0 amide bonds. The summed E-state index contributed by atoms with van der Waals surface area (Å²) in [6.07, 6.45) is 6.97. The van der Waals surface area contributed by atoms with Crippen LogP contribution < -0.4 is 5.32 Å². The smallest absolute Gasteiger partial charge is 0.120 e. The summed E-state index contributed by atoms with van der Waals surface area (Å²) in [5, 5.41) is 3.64. The molecule has 0 aromatic carbocycles. The van der Waals surface area contributed by atoms with E-state index in [1.807, 2.05) is 6.07 Å². The largest absolute Gasteiger partial charge is 0.468 e. The average molecular weight is 250 g/mol. The molecular formula is C15H26N2O. The van der Waals surface area contributed by atoms with Crippen LogP contribution in [0, 0.1) is 0 Å². The standard InChI is InChI=1S/C15H26N2O/c1-3-10-17(12-14-7-4-5-9-16-14)13(2)15-8-6-11-18-15/h6,8,11,13-14,16H,3-5,7,9-10,12H2,1-2H3. The molecule has 2 heterocycles. The first-order chi connectivity index (χ1) is 8.81. The van der Waals surface area contributed by atoms with Crippen LogP contribution in [0.1, 0.15) is 51.3 Å². The Kier molecular flexibility index (Phi) is 5.26. The topological polar surface area (TPSA) is 28.4 Å². The molecule has 102 valence electrons. The van der Waals surface area contributed by atoms with Gasteiger partial charge < -0.3 is 9.73 Å². The van der Waals surface area contributed by atoms with Gasteiger partial charge in [0, 0.05) is 12.6 Å². The van der Waals surface area contributed by atoms with Crippen molar-refractivity contribution in [1.29, 1.82) is 0 Å². The molecule has 1 N–H and O–H groups in total. The summed E-state index contributed by atoms with van der Waals surface area (Å²) in [7, 11) is 0. The van der Waals surface area contributed by atoms with Crippen LogP contribution in [0.15, 0.2) is 22.8 Å². The maximum Gasteiger partial charge on any atom is 0.120 e. The lowest BCUT2D eigenvalue weighted by atomic mass is 10.0. The van der Waals surface area contributed by atoms with Gasteiger partial charge in [0.1, 0.15) is 5.76 Å². The van der Waals surface area contributed by atoms with E-state index < -0.39 is 0 Å². The number of hydrogen-bond acceptors (Lipinski definition) is 3. The molecule has 0 radical (unpaired) electrons. The number of hydrogen-bond donors (Lipinski definition) is 1. The zero-order chi connectivity index (χ0) is 12.8. The second-order valence-electron chi connectivity index (χ2n) is 5.33. The van der Waals surface area contributed by atoms with E-state index in [0.717, 1.165) is 18.8 Å². The lowest BCUT2D eigenvalue weighted by Gasteiger charge is -2.33. The highest BCUT2D eigenvalue weighted by Crippen LogP contribution is 2.22. The van der Waals surface area contributed by atoms with Crippen molar-refractivity contribution in [1.82, 2.24) is 10.2 Å². The second-order valence-corrected chi connectivity index (χ2v) is 5.33. The van der Waals surface area contributed by atoms with Gasteiger partial charge in [-0.15, -0.1) is 0 Å². The fourth-order valence-corrected chi connectivity index (χ4v) is 2.80. The van der Waals surface area contributed by atoms with Crippen molar-refractivity contribution in [3.63, 3.8) is 0 Å². The van der Waals surface area contributed by atoms with E-state index in [0.29, 0.717) is 12.1 Å². The number of nitrogens with zero attached hydrogens (tertiary/aromatic N) is 1. The van der Waals surface area contributed by atoms with Crippen LogP contribution in [-0.4, -0.2) is 30.6 Å². The van der Waals surface area contributed by atoms with Crippen LogP contribution in [0.25, 0.3) is 0 Å². The molecule has 3 heteroatoms. The third-order valence-electron chi connectivity index (χ3n) is 3.88. The molecule has 0 saturated carbocycles. The van der Waals surface area contributed by atoms with E-state index in [4.69, 9.17) is 4.42 Å². The molecule has 2 unspecified atom stereocenters. The molecule has 0 bridgehead atoms. The van der Waals surface area contributed by atoms with Gasteiger partial charge in [0.05, 0.1) is 12.3 Å². The first-order valence-corrected chi connectivity index (χ1v) is 7.32. The molecule has 0 spiro atoms. The molecule has 0 aliphatic carbocycles. The van der Waals surface area contributed by atoms with Gasteiger partial charge in [-0.1, -0.05) is 13.3 Å². The summed E-state index contributed by atoms with van der Waals surface area (Å²) >= 11 is 0. The quantitative estimate of drug-likeness (QED) is 0.840. The van der Waals surface area contributed by atoms with Crippen LogP contribution in [0.2, 0.25) is 0 Å². The van der Waals surface area contributed by atoms with E-state index in [1.54, 1.807) is 6.26 Å². The minimum absolute atomic E-state index is 0.378. The molecule has 3 nitrogen and oxygen atoms in total. The summed E-state index contributed by atoms with van der Waals surface area (Å²) in [6, 6.07) is 5.10. The van der Waals surface area contributed by atoms with Gasteiger partial charge in [-0.25, -0.2) is 0 Å². The number of nitrogens with one attached hydrogen (secondary N) is 1. The Balaban J connectivity index is 1.93. The third-order valence-corrected chi connectivity index (χ3v) is 3.88. The predicted molar refractivity (Wildman–Crippen MR) is 74.6 cm³/mol. The SMILES string of the molecule is CCCN(CC1CCCCN1)C(C)c1ccco1. The van der Waals surface area contributed by atoms with Crippen molar-refractivity contribution in [2.75, 3.05) is 19.6 Å². The van der Waals surface area contributed by atoms with Gasteiger partial charge in [-0.2, -0.15) is 0 Å². The van der Waals surface area contributed by atoms with Crippen molar-refractivity contribution in [3.8, 4) is 0 Å². The lowest BCUT2D eigenvalue weighted by Crippen LogP contribution is -2.44. The highest BCUT2D eigenvalue weighted by molar-refractivity contribution is 5.03. The fraction of sp³-hybridized carbons (Fsp3) is 0.733. The molecular weight excluding hydrogens is 224 g/mol. The van der Waals surface area contributed by atoms with Gasteiger partial charge >= 0.3 is 0 Å². The Morgan fingerprint density at radius 1 is 1.50 bits per heavy atom. The summed E-state index contributed by atoms with van der Waals surface area (Å²) in [5.74, 6) is 1.08. The maximum atomic E-state index is 5.55. The van der Waals surface area contributed by atoms with Crippen molar-refractivity contribution >= 4 is 0 Å². The molecule has 1 saturated heterocycles. The number of furan rings is 1. The molecule has 1 aromatic rings. The van der Waals surface area contributed by atoms with Gasteiger partial charge in [-0.3, -0.25) is 4.90 Å². The Labute approximate surface area is 111 Å². The molecule has 1 fully saturated rings. The van der Waals surface area contributed by atoms with Gasteiger partial charge in [0.15, 0.2) is 0 Å². The van der Waals surface area contributed by atoms with Crippen LogP contribution >= 0.6 is 0 Å². The van der Waals surface area contributed by atoms with Crippen molar-refractivity contribution in [3.05, 3.63) is 24.2 Å². The van der Waals surface area contributed by atoms with Crippen molar-refractivity contribution < 1.29 is 4.42 Å². The van der Waals surface area contributed by atoms with Crippen LogP contribution in [0.4, 0.5) is 0 Å². The summed E-state index contributed by atoms with van der Waals surface area (Å²) < 4.78 is 5.55. The number of piperidine rings is 1. The Morgan fingerprint density at radius 3 is 3.00 bits per heavy atom. The molecule has 2 atom stereocenters. The first-order valence-electron chi connectivity index (χ1n) is 7.32. The van der Waals surface area contributed by atoms with Crippen molar-refractivity contribution in [2.45, 2.75) is 51.6 Å². The molecule has 1 aliphatic heterocycles. The monoisotopic (exact) mass is 250 g/mol. The van der Waals surface area contributed by atoms with Crippen molar-refractivity contribution in [2.24, 2.45) is 0 Å². The minimum atomic E-state index is 0.378. The number of rotatable bonds is 6. The van der Waals surface area contributed by atoms with E-state index in [1.165, 1.54) is 32.2 Å². The zero-order valence-electron chi connectivity index (χ0n) is 11.7. The Morgan fingerprint density at radius 2 is 2.39 bits per heavy atom. The fourth-order valence-electron chi connectivity index (χ4n) is 2.80. The highest BCUT2D eigenvalue weighted by atomic mass is 16.3. The Hall–Kier alpha value is -0.800. The minimum Gasteiger partial charge on any atom is -0.468 e. The first kappa shape index (κ1) is 13.6. The summed E-state index contributed by atoms with van der Waals surface area (Å²) in [4.78, 5) is 2.54. The Bertz CT molecular complexity index is 317.